The Hall–Kier alpha value is -3.86. The lowest BCUT2D eigenvalue weighted by Gasteiger charge is -2.15. The molecule has 0 atom stereocenters. The van der Waals surface area contributed by atoms with Gasteiger partial charge in [-0.25, -0.2) is 4.79 Å². The van der Waals surface area contributed by atoms with Gasteiger partial charge in [-0.1, -0.05) is 48.5 Å². The quantitative estimate of drug-likeness (QED) is 0.375. The molecule has 0 aliphatic heterocycles. The number of nitrogens with zero attached hydrogens (tertiary/aromatic N) is 1. The van der Waals surface area contributed by atoms with Crippen molar-refractivity contribution in [3.8, 4) is 5.75 Å². The van der Waals surface area contributed by atoms with Crippen LogP contribution in [0.4, 0.5) is 11.4 Å². The number of pyridine rings is 1. The first kappa shape index (κ1) is 20.4. The first-order chi connectivity index (χ1) is 15.2. The highest BCUT2D eigenvalue weighted by Gasteiger charge is 2.17. The van der Waals surface area contributed by atoms with Crippen LogP contribution in [0.5, 0.6) is 5.75 Å². The summed E-state index contributed by atoms with van der Waals surface area (Å²) in [6.45, 7) is 4.60. The molecular weight excluding hydrogens is 388 g/mol. The zero-order valence-electron chi connectivity index (χ0n) is 17.6. The average Bonchev–Trinajstić information content (AvgIpc) is 2.80. The number of ether oxygens (including phenoxy) is 2. The zero-order chi connectivity index (χ0) is 21.6. The lowest BCUT2D eigenvalue weighted by Crippen LogP contribution is -2.09. The van der Waals surface area contributed by atoms with Gasteiger partial charge in [0.05, 0.1) is 17.8 Å². The van der Waals surface area contributed by atoms with E-state index in [4.69, 9.17) is 9.47 Å². The molecule has 5 heteroatoms. The summed E-state index contributed by atoms with van der Waals surface area (Å²) < 4.78 is 11.1. The van der Waals surface area contributed by atoms with Gasteiger partial charge in [0.25, 0.3) is 0 Å². The van der Waals surface area contributed by atoms with E-state index < -0.39 is 5.97 Å². The molecule has 0 bridgehead atoms. The molecule has 31 heavy (non-hydrogen) atoms. The van der Waals surface area contributed by atoms with E-state index in [-0.39, 0.29) is 0 Å². The van der Waals surface area contributed by atoms with Crippen molar-refractivity contribution in [1.82, 2.24) is 4.98 Å². The van der Waals surface area contributed by atoms with Gasteiger partial charge < -0.3 is 14.8 Å². The second kappa shape index (κ2) is 9.30. The summed E-state index contributed by atoms with van der Waals surface area (Å²) in [5, 5.41) is 4.26. The Morgan fingerprint density at radius 2 is 1.74 bits per heavy atom. The van der Waals surface area contributed by atoms with Gasteiger partial charge in [-0.15, -0.1) is 0 Å². The Morgan fingerprint density at radius 3 is 2.48 bits per heavy atom. The fourth-order valence-electron chi connectivity index (χ4n) is 3.39. The molecular formula is C26H24N2O3. The number of esters is 1. The molecule has 4 aromatic rings. The van der Waals surface area contributed by atoms with Crippen molar-refractivity contribution in [2.45, 2.75) is 20.5 Å². The van der Waals surface area contributed by atoms with Crippen LogP contribution in [0, 0.1) is 6.92 Å². The molecule has 0 spiro atoms. The molecule has 0 saturated carbocycles. The molecule has 0 radical (unpaired) electrons. The minimum atomic E-state index is -0.399. The molecule has 0 aliphatic rings. The largest absolute Gasteiger partial charge is 0.489 e. The van der Waals surface area contributed by atoms with Crippen LogP contribution in [0.15, 0.2) is 79.0 Å². The molecule has 1 N–H and O–H groups in total. The monoisotopic (exact) mass is 412 g/mol. The molecule has 1 heterocycles. The number of hydrogen-bond donors (Lipinski definition) is 1. The summed E-state index contributed by atoms with van der Waals surface area (Å²) in [4.78, 5) is 17.0. The summed E-state index contributed by atoms with van der Waals surface area (Å²) in [5.74, 6) is 0.374. The van der Waals surface area contributed by atoms with Gasteiger partial charge >= 0.3 is 5.97 Å². The van der Waals surface area contributed by atoms with Gasteiger partial charge in [-0.05, 0) is 49.2 Å². The maximum Gasteiger partial charge on any atom is 0.341 e. The number of aromatic nitrogens is 1. The highest BCUT2D eigenvalue weighted by molar-refractivity contribution is 6.06. The van der Waals surface area contributed by atoms with Gasteiger partial charge in [0.1, 0.15) is 17.9 Å². The number of benzene rings is 3. The molecule has 5 nitrogen and oxygen atoms in total. The van der Waals surface area contributed by atoms with Crippen molar-refractivity contribution in [3.05, 3.63) is 95.7 Å². The number of aryl methyl sites for hydroxylation is 1. The van der Waals surface area contributed by atoms with E-state index in [2.05, 4.69) is 10.3 Å². The van der Waals surface area contributed by atoms with Crippen molar-refractivity contribution in [3.63, 3.8) is 0 Å². The molecule has 1 aromatic heterocycles. The first-order valence-corrected chi connectivity index (χ1v) is 10.2. The molecule has 4 rings (SSSR count). The molecule has 0 amide bonds. The Labute approximate surface area is 181 Å². The van der Waals surface area contributed by atoms with E-state index in [1.54, 1.807) is 13.1 Å². The maximum absolute atomic E-state index is 12.5. The maximum atomic E-state index is 12.5. The van der Waals surface area contributed by atoms with E-state index in [0.29, 0.717) is 24.5 Å². The molecule has 0 aliphatic carbocycles. The van der Waals surface area contributed by atoms with Crippen LogP contribution in [0.1, 0.15) is 28.4 Å². The van der Waals surface area contributed by atoms with Crippen molar-refractivity contribution < 1.29 is 14.3 Å². The van der Waals surface area contributed by atoms with Gasteiger partial charge in [-0.3, -0.25) is 4.98 Å². The van der Waals surface area contributed by atoms with Crippen LogP contribution in [0.2, 0.25) is 0 Å². The predicted molar refractivity (Wildman–Crippen MR) is 123 cm³/mol. The minimum Gasteiger partial charge on any atom is -0.489 e. The van der Waals surface area contributed by atoms with Gasteiger partial charge in [0.2, 0.25) is 0 Å². The van der Waals surface area contributed by atoms with Crippen LogP contribution in [0.25, 0.3) is 10.9 Å². The molecule has 0 saturated heterocycles. The SMILES string of the molecule is CCOC(=O)c1cnc2c(C)cccc2c1Nc1ccc(OCc2ccccc2)cc1. The van der Waals surface area contributed by atoms with E-state index in [0.717, 1.165) is 33.5 Å². The van der Waals surface area contributed by atoms with Crippen LogP contribution in [-0.4, -0.2) is 17.6 Å². The highest BCUT2D eigenvalue weighted by atomic mass is 16.5. The summed E-state index contributed by atoms with van der Waals surface area (Å²) in [5.41, 5.74) is 4.94. The van der Waals surface area contributed by atoms with Crippen molar-refractivity contribution in [2.24, 2.45) is 0 Å². The second-order valence-electron chi connectivity index (χ2n) is 7.16. The minimum absolute atomic E-state index is 0.303. The number of fused-ring (bicyclic) bond motifs is 1. The van der Waals surface area contributed by atoms with Gasteiger partial charge in [-0.2, -0.15) is 0 Å². The van der Waals surface area contributed by atoms with Crippen LogP contribution in [-0.2, 0) is 11.3 Å². The number of para-hydroxylation sites is 1. The Bertz CT molecular complexity index is 1190. The summed E-state index contributed by atoms with van der Waals surface area (Å²) in [6.07, 6.45) is 1.58. The Morgan fingerprint density at radius 1 is 0.968 bits per heavy atom. The lowest BCUT2D eigenvalue weighted by molar-refractivity contribution is 0.0527. The molecule has 0 fully saturated rings. The number of carbonyl (C=O) groups excluding carboxylic acids is 1. The number of anilines is 2. The fraction of sp³-hybridized carbons (Fsp3) is 0.154. The van der Waals surface area contributed by atoms with E-state index in [1.807, 2.05) is 79.7 Å². The highest BCUT2D eigenvalue weighted by Crippen LogP contribution is 2.31. The van der Waals surface area contributed by atoms with E-state index in [9.17, 15) is 4.79 Å². The third-order valence-corrected chi connectivity index (χ3v) is 4.97. The number of hydrogen-bond acceptors (Lipinski definition) is 5. The van der Waals surface area contributed by atoms with Crippen LogP contribution in [0.3, 0.4) is 0 Å². The van der Waals surface area contributed by atoms with Crippen molar-refractivity contribution in [1.29, 1.82) is 0 Å². The van der Waals surface area contributed by atoms with Crippen molar-refractivity contribution in [2.75, 3.05) is 11.9 Å². The van der Waals surface area contributed by atoms with Crippen molar-refractivity contribution >= 4 is 28.2 Å². The van der Waals surface area contributed by atoms with Gasteiger partial charge in [0, 0.05) is 17.3 Å². The third-order valence-electron chi connectivity index (χ3n) is 4.97. The Balaban J connectivity index is 1.60. The molecule has 3 aromatic carbocycles. The summed E-state index contributed by atoms with van der Waals surface area (Å²) in [7, 11) is 0. The van der Waals surface area contributed by atoms with E-state index >= 15 is 0 Å². The van der Waals surface area contributed by atoms with Crippen LogP contribution < -0.4 is 10.1 Å². The number of rotatable bonds is 7. The standard InChI is InChI=1S/C26H24N2O3/c1-3-30-26(29)23-16-27-24-18(2)8-7-11-22(24)25(23)28-20-12-14-21(15-13-20)31-17-19-9-5-4-6-10-19/h4-16H,3,17H2,1-2H3,(H,27,28). The summed E-state index contributed by atoms with van der Waals surface area (Å²) in [6, 6.07) is 23.6. The number of nitrogens with one attached hydrogen (secondary N) is 1. The first-order valence-electron chi connectivity index (χ1n) is 10.2. The third kappa shape index (κ3) is 4.67. The van der Waals surface area contributed by atoms with Crippen LogP contribution >= 0.6 is 0 Å². The normalized spacial score (nSPS) is 10.6. The number of carbonyl (C=O) groups is 1. The zero-order valence-corrected chi connectivity index (χ0v) is 17.6. The Kier molecular flexibility index (Phi) is 6.13. The average molecular weight is 412 g/mol. The summed E-state index contributed by atoms with van der Waals surface area (Å²) >= 11 is 0. The lowest BCUT2D eigenvalue weighted by atomic mass is 10.1. The topological polar surface area (TPSA) is 60.5 Å². The van der Waals surface area contributed by atoms with Gasteiger partial charge in [0.15, 0.2) is 0 Å². The predicted octanol–water partition coefficient (Wildman–Crippen LogP) is 6.04. The fourth-order valence-corrected chi connectivity index (χ4v) is 3.39. The smallest absolute Gasteiger partial charge is 0.341 e. The molecule has 0 unspecified atom stereocenters. The van der Waals surface area contributed by atoms with E-state index in [1.165, 1.54) is 0 Å². The second-order valence-corrected chi connectivity index (χ2v) is 7.16. The molecule has 156 valence electrons.